The minimum atomic E-state index is -1.15. The van der Waals surface area contributed by atoms with Gasteiger partial charge in [-0.2, -0.15) is 0 Å². The molecule has 1 atom stereocenters. The van der Waals surface area contributed by atoms with E-state index in [2.05, 4.69) is 10.6 Å². The number of methoxy groups -OCH3 is 1. The fourth-order valence-electron chi connectivity index (χ4n) is 4.40. The van der Waals surface area contributed by atoms with Crippen LogP contribution in [0.1, 0.15) is 29.5 Å². The summed E-state index contributed by atoms with van der Waals surface area (Å²) in [5.74, 6) is -1.07. The van der Waals surface area contributed by atoms with E-state index in [9.17, 15) is 24.5 Å². The largest absolute Gasteiger partial charge is 0.490 e. The number of imide groups is 1. The number of nitro groups is 1. The Labute approximate surface area is 183 Å². The molecule has 0 bridgehead atoms. The van der Waals surface area contributed by atoms with Gasteiger partial charge in [0.05, 0.1) is 12.0 Å². The monoisotopic (exact) mass is 438 g/mol. The molecule has 4 rings (SSSR count). The molecule has 1 aliphatic heterocycles. The summed E-state index contributed by atoms with van der Waals surface area (Å²) in [6.07, 6.45) is 2.03. The first kappa shape index (κ1) is 21.3. The van der Waals surface area contributed by atoms with Crippen molar-refractivity contribution in [1.82, 2.24) is 10.2 Å². The van der Waals surface area contributed by atoms with Crippen LogP contribution in [0.4, 0.5) is 16.2 Å². The normalized spacial score (nSPS) is 19.5. The van der Waals surface area contributed by atoms with Gasteiger partial charge >= 0.3 is 11.7 Å². The Balaban J connectivity index is 1.55. The fraction of sp³-hybridized carbons (Fsp3) is 0.318. The number of fused-ring (bicyclic) bond motifs is 2. The zero-order valence-electron chi connectivity index (χ0n) is 17.6. The average molecular weight is 438 g/mol. The first-order valence-electron chi connectivity index (χ1n) is 10.1. The Hall–Kier alpha value is -3.95. The Morgan fingerprint density at radius 3 is 2.78 bits per heavy atom. The van der Waals surface area contributed by atoms with E-state index in [0.717, 1.165) is 28.9 Å². The number of hydrogen-bond donors (Lipinski definition) is 2. The van der Waals surface area contributed by atoms with Gasteiger partial charge in [-0.05, 0) is 42.9 Å². The highest BCUT2D eigenvalue weighted by Crippen LogP contribution is 2.40. The summed E-state index contributed by atoms with van der Waals surface area (Å²) in [6, 6.07) is 9.50. The van der Waals surface area contributed by atoms with Gasteiger partial charge in [0.1, 0.15) is 12.1 Å². The van der Waals surface area contributed by atoms with Gasteiger partial charge in [0.15, 0.2) is 5.75 Å². The van der Waals surface area contributed by atoms with E-state index in [4.69, 9.17) is 4.74 Å². The maximum atomic E-state index is 13.3. The van der Waals surface area contributed by atoms with Crippen LogP contribution in [0.25, 0.3) is 0 Å². The van der Waals surface area contributed by atoms with Crippen molar-refractivity contribution in [1.29, 1.82) is 0 Å². The number of hydrogen-bond acceptors (Lipinski definition) is 6. The number of carbonyl (C=O) groups excluding carboxylic acids is 3. The topological polar surface area (TPSA) is 131 Å². The van der Waals surface area contributed by atoms with Crippen molar-refractivity contribution in [2.75, 3.05) is 19.0 Å². The maximum Gasteiger partial charge on any atom is 0.325 e. The van der Waals surface area contributed by atoms with Crippen LogP contribution in [0.15, 0.2) is 36.4 Å². The number of nitrogens with zero attached hydrogens (tertiary/aromatic N) is 2. The van der Waals surface area contributed by atoms with Gasteiger partial charge in [0.25, 0.3) is 5.91 Å². The molecule has 1 saturated heterocycles. The number of carbonyl (C=O) groups is 3. The molecular weight excluding hydrogens is 416 g/mol. The molecule has 4 amide bonds. The molecule has 2 aromatic carbocycles. The molecule has 2 N–H and O–H groups in total. The lowest BCUT2D eigenvalue weighted by atomic mass is 9.76. The minimum Gasteiger partial charge on any atom is -0.490 e. The summed E-state index contributed by atoms with van der Waals surface area (Å²) in [5.41, 5.74) is 1.13. The second-order valence-electron chi connectivity index (χ2n) is 7.88. The quantitative estimate of drug-likeness (QED) is 0.419. The summed E-state index contributed by atoms with van der Waals surface area (Å²) in [5, 5.41) is 16.6. The summed E-state index contributed by atoms with van der Waals surface area (Å²) >= 11 is 0. The third-order valence-corrected chi connectivity index (χ3v) is 5.95. The van der Waals surface area contributed by atoms with Crippen molar-refractivity contribution >= 4 is 29.2 Å². The SMILES string of the molecule is COc1cc(NC(=O)CN2C(=O)NC3(CCCc4ccccc43)C2=O)c(C)cc1[N+](=O)[O-]. The van der Waals surface area contributed by atoms with Crippen LogP contribution in [0.5, 0.6) is 5.75 Å². The maximum absolute atomic E-state index is 13.3. The van der Waals surface area contributed by atoms with E-state index in [0.29, 0.717) is 17.7 Å². The highest BCUT2D eigenvalue weighted by molar-refractivity contribution is 6.10. The molecule has 166 valence electrons. The first-order chi connectivity index (χ1) is 15.3. The summed E-state index contributed by atoms with van der Waals surface area (Å²) < 4.78 is 5.04. The number of nitro benzene ring substituents is 1. The van der Waals surface area contributed by atoms with E-state index < -0.39 is 34.9 Å². The Kier molecular flexibility index (Phi) is 5.29. The number of anilines is 1. The summed E-state index contributed by atoms with van der Waals surface area (Å²) in [6.45, 7) is 1.12. The zero-order valence-corrected chi connectivity index (χ0v) is 17.6. The predicted octanol–water partition coefficient (Wildman–Crippen LogP) is 2.63. The molecule has 2 aliphatic rings. The fourth-order valence-corrected chi connectivity index (χ4v) is 4.40. The summed E-state index contributed by atoms with van der Waals surface area (Å²) in [4.78, 5) is 50.1. The van der Waals surface area contributed by atoms with E-state index in [1.807, 2.05) is 24.3 Å². The second-order valence-corrected chi connectivity index (χ2v) is 7.88. The lowest BCUT2D eigenvalue weighted by molar-refractivity contribution is -0.385. The van der Waals surface area contributed by atoms with E-state index >= 15 is 0 Å². The number of nitrogens with one attached hydrogen (secondary N) is 2. The van der Waals surface area contributed by atoms with Crippen LogP contribution in [-0.2, 0) is 21.5 Å². The Morgan fingerprint density at radius 1 is 1.31 bits per heavy atom. The van der Waals surface area contributed by atoms with Crippen molar-refractivity contribution in [2.24, 2.45) is 0 Å². The van der Waals surface area contributed by atoms with Crippen LogP contribution >= 0.6 is 0 Å². The van der Waals surface area contributed by atoms with Gasteiger partial charge in [-0.1, -0.05) is 24.3 Å². The molecule has 1 heterocycles. The number of aryl methyl sites for hydroxylation is 2. The highest BCUT2D eigenvalue weighted by Gasteiger charge is 2.54. The molecule has 1 spiro atoms. The molecule has 2 aromatic rings. The van der Waals surface area contributed by atoms with Crippen molar-refractivity contribution in [3.8, 4) is 5.75 Å². The number of amides is 4. The standard InChI is InChI=1S/C22H22N4O6/c1-13-10-17(26(30)31)18(32-2)11-16(13)23-19(27)12-25-20(28)22(24-21(25)29)9-5-7-14-6-3-4-8-15(14)22/h3-4,6,8,10-11H,5,7,9,12H2,1-2H3,(H,23,27)(H,24,29). The Morgan fingerprint density at radius 2 is 2.06 bits per heavy atom. The van der Waals surface area contributed by atoms with Gasteiger partial charge in [-0.15, -0.1) is 0 Å². The van der Waals surface area contributed by atoms with Gasteiger partial charge in [0, 0.05) is 17.8 Å². The second kappa shape index (κ2) is 7.95. The van der Waals surface area contributed by atoms with Crippen molar-refractivity contribution < 1.29 is 24.0 Å². The van der Waals surface area contributed by atoms with Crippen LogP contribution in [0.2, 0.25) is 0 Å². The minimum absolute atomic E-state index is 0.0105. The third kappa shape index (κ3) is 3.43. The number of urea groups is 1. The zero-order chi connectivity index (χ0) is 23.0. The van der Waals surface area contributed by atoms with Crippen molar-refractivity contribution in [3.63, 3.8) is 0 Å². The molecule has 1 fully saturated rings. The van der Waals surface area contributed by atoms with Gasteiger partial charge in [-0.3, -0.25) is 24.6 Å². The molecular formula is C22H22N4O6. The predicted molar refractivity (Wildman–Crippen MR) is 114 cm³/mol. The molecule has 10 nitrogen and oxygen atoms in total. The number of rotatable bonds is 5. The Bertz CT molecular complexity index is 1150. The van der Waals surface area contributed by atoms with Crippen LogP contribution in [0, 0.1) is 17.0 Å². The molecule has 0 radical (unpaired) electrons. The van der Waals surface area contributed by atoms with Gasteiger partial charge < -0.3 is 15.4 Å². The average Bonchev–Trinajstić information content (AvgIpc) is 2.99. The lowest BCUT2D eigenvalue weighted by Crippen LogP contribution is -2.47. The van der Waals surface area contributed by atoms with Crippen LogP contribution in [-0.4, -0.2) is 41.3 Å². The van der Waals surface area contributed by atoms with E-state index in [1.54, 1.807) is 6.92 Å². The van der Waals surface area contributed by atoms with E-state index in [1.165, 1.54) is 19.2 Å². The van der Waals surface area contributed by atoms with Crippen LogP contribution < -0.4 is 15.4 Å². The summed E-state index contributed by atoms with van der Waals surface area (Å²) in [7, 11) is 1.29. The van der Waals surface area contributed by atoms with Gasteiger partial charge in [0.2, 0.25) is 5.91 Å². The smallest absolute Gasteiger partial charge is 0.325 e. The number of ether oxygens (including phenoxy) is 1. The molecule has 10 heteroatoms. The van der Waals surface area contributed by atoms with Crippen LogP contribution in [0.3, 0.4) is 0 Å². The first-order valence-corrected chi connectivity index (χ1v) is 10.1. The highest BCUT2D eigenvalue weighted by atomic mass is 16.6. The molecule has 0 saturated carbocycles. The van der Waals surface area contributed by atoms with Crippen molar-refractivity contribution in [2.45, 2.75) is 31.7 Å². The molecule has 1 aliphatic carbocycles. The third-order valence-electron chi connectivity index (χ3n) is 5.95. The van der Waals surface area contributed by atoms with E-state index in [-0.39, 0.29) is 11.4 Å². The molecule has 0 aromatic heterocycles. The molecule has 32 heavy (non-hydrogen) atoms. The lowest BCUT2D eigenvalue weighted by Gasteiger charge is -2.33. The number of benzene rings is 2. The molecule has 1 unspecified atom stereocenters. The van der Waals surface area contributed by atoms with Crippen molar-refractivity contribution in [3.05, 3.63) is 63.2 Å². The van der Waals surface area contributed by atoms with Gasteiger partial charge in [-0.25, -0.2) is 4.79 Å².